The van der Waals surface area contributed by atoms with Crippen LogP contribution in [0.15, 0.2) is 24.3 Å². The minimum atomic E-state index is 0.646. The Morgan fingerprint density at radius 3 is 2.61 bits per heavy atom. The Labute approximate surface area is 112 Å². The summed E-state index contributed by atoms with van der Waals surface area (Å²) in [4.78, 5) is 0. The second-order valence-electron chi connectivity index (χ2n) is 6.00. The fourth-order valence-electron chi connectivity index (χ4n) is 2.83. The number of aryl methyl sites for hydroxylation is 1. The van der Waals surface area contributed by atoms with Crippen molar-refractivity contribution in [1.29, 1.82) is 0 Å². The summed E-state index contributed by atoms with van der Waals surface area (Å²) >= 11 is 0. The van der Waals surface area contributed by atoms with E-state index in [0.29, 0.717) is 5.92 Å². The van der Waals surface area contributed by atoms with Crippen LogP contribution < -0.4 is 5.32 Å². The van der Waals surface area contributed by atoms with E-state index in [-0.39, 0.29) is 0 Å². The Hall–Kier alpha value is -0.820. The summed E-state index contributed by atoms with van der Waals surface area (Å²) in [5, 5.41) is 3.50. The van der Waals surface area contributed by atoms with Crippen LogP contribution in [0.4, 0.5) is 0 Å². The molecule has 100 valence electrons. The Bertz CT molecular complexity index is 333. The van der Waals surface area contributed by atoms with E-state index >= 15 is 0 Å². The molecule has 1 aliphatic rings. The van der Waals surface area contributed by atoms with Gasteiger partial charge in [-0.2, -0.15) is 0 Å². The highest BCUT2D eigenvalue weighted by atomic mass is 14.9. The van der Waals surface area contributed by atoms with Crippen molar-refractivity contribution in [2.24, 2.45) is 5.92 Å². The Balaban J connectivity index is 1.72. The van der Waals surface area contributed by atoms with Crippen molar-refractivity contribution in [2.45, 2.75) is 51.9 Å². The Morgan fingerprint density at radius 1 is 1.22 bits per heavy atom. The van der Waals surface area contributed by atoms with Gasteiger partial charge in [-0.15, -0.1) is 0 Å². The predicted octanol–water partition coefficient (Wildman–Crippen LogP) is 4.13. The largest absolute Gasteiger partial charge is 0.316 e. The molecule has 1 atom stereocenters. The SMILES string of the molecule is CC(C)c1ccc(CCCC2CCCNC2)cc1. The van der Waals surface area contributed by atoms with Crippen molar-refractivity contribution >= 4 is 0 Å². The minimum absolute atomic E-state index is 0.646. The van der Waals surface area contributed by atoms with Gasteiger partial charge < -0.3 is 5.32 Å². The van der Waals surface area contributed by atoms with E-state index < -0.39 is 0 Å². The Morgan fingerprint density at radius 2 is 2.00 bits per heavy atom. The molecule has 2 rings (SSSR count). The summed E-state index contributed by atoms with van der Waals surface area (Å²) in [6, 6.07) is 9.22. The lowest BCUT2D eigenvalue weighted by Crippen LogP contribution is -2.29. The lowest BCUT2D eigenvalue weighted by molar-refractivity contribution is 0.351. The van der Waals surface area contributed by atoms with Crippen LogP contribution in [-0.2, 0) is 6.42 Å². The third kappa shape index (κ3) is 4.13. The van der Waals surface area contributed by atoms with Crippen molar-refractivity contribution in [3.8, 4) is 0 Å². The van der Waals surface area contributed by atoms with Gasteiger partial charge in [-0.05, 0) is 68.2 Å². The van der Waals surface area contributed by atoms with Crippen molar-refractivity contribution in [3.63, 3.8) is 0 Å². The smallest absolute Gasteiger partial charge is 0.00205 e. The van der Waals surface area contributed by atoms with Crippen molar-refractivity contribution in [3.05, 3.63) is 35.4 Å². The summed E-state index contributed by atoms with van der Waals surface area (Å²) in [7, 11) is 0. The first-order valence-corrected chi connectivity index (χ1v) is 7.55. The molecular weight excluding hydrogens is 218 g/mol. The van der Waals surface area contributed by atoms with Gasteiger partial charge in [0.25, 0.3) is 0 Å². The summed E-state index contributed by atoms with van der Waals surface area (Å²) < 4.78 is 0. The third-order valence-corrected chi connectivity index (χ3v) is 4.12. The van der Waals surface area contributed by atoms with Crippen molar-refractivity contribution in [1.82, 2.24) is 5.32 Å². The fourth-order valence-corrected chi connectivity index (χ4v) is 2.83. The summed E-state index contributed by atoms with van der Waals surface area (Å²) in [5.74, 6) is 1.57. The molecule has 0 saturated carbocycles. The van der Waals surface area contributed by atoms with E-state index in [4.69, 9.17) is 0 Å². The van der Waals surface area contributed by atoms with Crippen LogP contribution in [0.5, 0.6) is 0 Å². The lowest BCUT2D eigenvalue weighted by atomic mass is 9.92. The van der Waals surface area contributed by atoms with Crippen LogP contribution >= 0.6 is 0 Å². The number of hydrogen-bond donors (Lipinski definition) is 1. The zero-order valence-electron chi connectivity index (χ0n) is 11.9. The van der Waals surface area contributed by atoms with Gasteiger partial charge >= 0.3 is 0 Å². The highest BCUT2D eigenvalue weighted by molar-refractivity contribution is 5.24. The molecule has 1 aliphatic heterocycles. The fraction of sp³-hybridized carbons (Fsp3) is 0.647. The molecule has 0 bridgehead atoms. The normalized spacial score (nSPS) is 20.3. The first-order chi connectivity index (χ1) is 8.75. The van der Waals surface area contributed by atoms with Gasteiger partial charge in [-0.25, -0.2) is 0 Å². The predicted molar refractivity (Wildman–Crippen MR) is 79.1 cm³/mol. The number of rotatable bonds is 5. The lowest BCUT2D eigenvalue weighted by Gasteiger charge is -2.22. The number of benzene rings is 1. The molecule has 0 amide bonds. The second kappa shape index (κ2) is 6.94. The van der Waals surface area contributed by atoms with Gasteiger partial charge in [0, 0.05) is 0 Å². The highest BCUT2D eigenvalue weighted by Crippen LogP contribution is 2.19. The van der Waals surface area contributed by atoms with Crippen LogP contribution in [-0.4, -0.2) is 13.1 Å². The van der Waals surface area contributed by atoms with E-state index in [1.54, 1.807) is 0 Å². The number of piperidine rings is 1. The van der Waals surface area contributed by atoms with E-state index in [1.165, 1.54) is 56.3 Å². The zero-order chi connectivity index (χ0) is 12.8. The average molecular weight is 245 g/mol. The standard InChI is InChI=1S/C17H27N/c1-14(2)17-10-8-15(9-11-17)5-3-6-16-7-4-12-18-13-16/h8-11,14,16,18H,3-7,12-13H2,1-2H3. The number of hydrogen-bond acceptors (Lipinski definition) is 1. The van der Waals surface area contributed by atoms with Gasteiger partial charge in [-0.3, -0.25) is 0 Å². The summed E-state index contributed by atoms with van der Waals surface area (Å²) in [6.45, 7) is 6.98. The first kappa shape index (κ1) is 13.6. The summed E-state index contributed by atoms with van der Waals surface area (Å²) in [6.07, 6.45) is 6.77. The maximum atomic E-state index is 3.50. The maximum absolute atomic E-state index is 3.50. The molecule has 1 unspecified atom stereocenters. The molecule has 1 fully saturated rings. The molecule has 0 radical (unpaired) electrons. The maximum Gasteiger partial charge on any atom is -0.00205 e. The molecule has 1 aromatic carbocycles. The van der Waals surface area contributed by atoms with Crippen molar-refractivity contribution in [2.75, 3.05) is 13.1 Å². The Kier molecular flexibility index (Phi) is 5.25. The molecule has 1 saturated heterocycles. The zero-order valence-corrected chi connectivity index (χ0v) is 11.9. The van der Waals surface area contributed by atoms with E-state index in [2.05, 4.69) is 43.4 Å². The van der Waals surface area contributed by atoms with Gasteiger partial charge in [0.1, 0.15) is 0 Å². The molecule has 0 spiro atoms. The molecule has 1 nitrogen and oxygen atoms in total. The second-order valence-corrected chi connectivity index (χ2v) is 6.00. The van der Waals surface area contributed by atoms with E-state index in [9.17, 15) is 0 Å². The molecule has 0 aromatic heterocycles. The van der Waals surface area contributed by atoms with Gasteiger partial charge in [0.05, 0.1) is 0 Å². The van der Waals surface area contributed by atoms with Crippen LogP contribution in [0.1, 0.15) is 56.6 Å². The van der Waals surface area contributed by atoms with Crippen LogP contribution in [0.25, 0.3) is 0 Å². The van der Waals surface area contributed by atoms with Gasteiger partial charge in [0.15, 0.2) is 0 Å². The molecule has 18 heavy (non-hydrogen) atoms. The quantitative estimate of drug-likeness (QED) is 0.822. The highest BCUT2D eigenvalue weighted by Gasteiger charge is 2.12. The molecule has 1 heterocycles. The molecule has 0 aliphatic carbocycles. The van der Waals surface area contributed by atoms with E-state index in [0.717, 1.165) is 5.92 Å². The molecule has 1 heteroatoms. The van der Waals surface area contributed by atoms with Gasteiger partial charge in [0.2, 0.25) is 0 Å². The van der Waals surface area contributed by atoms with Crippen LogP contribution in [0.2, 0.25) is 0 Å². The third-order valence-electron chi connectivity index (χ3n) is 4.12. The molecular formula is C17H27N. The van der Waals surface area contributed by atoms with Crippen LogP contribution in [0, 0.1) is 5.92 Å². The number of nitrogens with one attached hydrogen (secondary N) is 1. The van der Waals surface area contributed by atoms with Crippen molar-refractivity contribution < 1.29 is 0 Å². The van der Waals surface area contributed by atoms with Gasteiger partial charge in [-0.1, -0.05) is 38.1 Å². The molecule has 1 aromatic rings. The minimum Gasteiger partial charge on any atom is -0.316 e. The monoisotopic (exact) mass is 245 g/mol. The van der Waals surface area contributed by atoms with E-state index in [1.807, 2.05) is 0 Å². The summed E-state index contributed by atoms with van der Waals surface area (Å²) in [5.41, 5.74) is 2.96. The first-order valence-electron chi connectivity index (χ1n) is 7.55. The van der Waals surface area contributed by atoms with Crippen LogP contribution in [0.3, 0.4) is 0 Å². The topological polar surface area (TPSA) is 12.0 Å². The molecule has 1 N–H and O–H groups in total. The average Bonchev–Trinajstić information content (AvgIpc) is 2.40.